The van der Waals surface area contributed by atoms with Gasteiger partial charge in [-0.05, 0) is 58.9 Å². The average molecular weight is 455 g/mol. The number of aromatic nitrogens is 1. The molecule has 1 aromatic carbocycles. The normalized spacial score (nSPS) is 18.3. The summed E-state index contributed by atoms with van der Waals surface area (Å²) in [6.45, 7) is 12.3. The van der Waals surface area contributed by atoms with Gasteiger partial charge < -0.3 is 10.1 Å². The van der Waals surface area contributed by atoms with Crippen LogP contribution in [0.4, 0.5) is 5.69 Å². The molecule has 0 fully saturated rings. The molecule has 1 aliphatic heterocycles. The molecule has 0 aliphatic carbocycles. The minimum absolute atomic E-state index is 0.0489. The van der Waals surface area contributed by atoms with Crippen LogP contribution >= 0.6 is 11.8 Å². The van der Waals surface area contributed by atoms with Gasteiger partial charge in [0.2, 0.25) is 5.91 Å². The second-order valence-electron chi connectivity index (χ2n) is 8.97. The molecule has 2 aromatic rings. The second-order valence-corrected chi connectivity index (χ2v) is 9.93. The molecule has 1 aromatic heterocycles. The van der Waals surface area contributed by atoms with E-state index in [1.807, 2.05) is 49.5 Å². The van der Waals surface area contributed by atoms with E-state index in [0.29, 0.717) is 25.1 Å². The zero-order valence-corrected chi connectivity index (χ0v) is 20.5. The Kier molecular flexibility index (Phi) is 8.32. The van der Waals surface area contributed by atoms with Gasteiger partial charge in [-0.2, -0.15) is 0 Å². The van der Waals surface area contributed by atoms with Gasteiger partial charge in [0.1, 0.15) is 12.4 Å². The van der Waals surface area contributed by atoms with E-state index in [2.05, 4.69) is 42.9 Å². The molecule has 172 valence electrons. The maximum atomic E-state index is 12.7. The summed E-state index contributed by atoms with van der Waals surface area (Å²) in [5.74, 6) is 1.48. The van der Waals surface area contributed by atoms with Crippen molar-refractivity contribution in [1.82, 2.24) is 9.88 Å². The number of hydrogen-bond donors (Lipinski definition) is 1. The van der Waals surface area contributed by atoms with Crippen LogP contribution in [-0.2, 0) is 4.79 Å². The van der Waals surface area contributed by atoms with Crippen LogP contribution in [0.15, 0.2) is 53.8 Å². The summed E-state index contributed by atoms with van der Waals surface area (Å²) in [5.41, 5.74) is 1.31. The number of benzene rings is 1. The Morgan fingerprint density at radius 1 is 1.22 bits per heavy atom. The quantitative estimate of drug-likeness (QED) is 0.555. The van der Waals surface area contributed by atoms with Gasteiger partial charge in [-0.3, -0.25) is 19.7 Å². The highest BCUT2D eigenvalue weighted by atomic mass is 32.2. The van der Waals surface area contributed by atoms with Crippen LogP contribution in [0.3, 0.4) is 0 Å². The fraction of sp³-hybridized carbons (Fsp3) is 0.480. The number of amides is 1. The first kappa shape index (κ1) is 24.3. The number of thioether (sulfide) groups is 1. The molecule has 1 amide bonds. The molecular weight excluding hydrogens is 420 g/mol. The number of hydrogen-bond acceptors (Lipinski definition) is 6. The fourth-order valence-corrected chi connectivity index (χ4v) is 5.04. The van der Waals surface area contributed by atoms with Crippen molar-refractivity contribution in [1.29, 1.82) is 0 Å². The van der Waals surface area contributed by atoms with E-state index in [1.54, 1.807) is 18.0 Å². The smallest absolute Gasteiger partial charge is 0.226 e. The van der Waals surface area contributed by atoms with Gasteiger partial charge in [0, 0.05) is 54.1 Å². The number of carbonyl (C=O) groups is 1. The largest absolute Gasteiger partial charge is 0.492 e. The zero-order chi connectivity index (χ0) is 23.1. The molecule has 0 saturated carbocycles. The van der Waals surface area contributed by atoms with E-state index in [-0.39, 0.29) is 5.91 Å². The highest BCUT2D eigenvalue weighted by molar-refractivity contribution is 8.14. The minimum Gasteiger partial charge on any atom is -0.492 e. The van der Waals surface area contributed by atoms with Crippen molar-refractivity contribution in [2.24, 2.45) is 4.99 Å². The lowest BCUT2D eigenvalue weighted by Gasteiger charge is -2.30. The van der Waals surface area contributed by atoms with E-state index in [1.165, 1.54) is 0 Å². The predicted molar refractivity (Wildman–Crippen MR) is 134 cm³/mol. The van der Waals surface area contributed by atoms with Crippen molar-refractivity contribution in [2.45, 2.75) is 58.7 Å². The van der Waals surface area contributed by atoms with Crippen molar-refractivity contribution in [3.05, 3.63) is 54.4 Å². The lowest BCUT2D eigenvalue weighted by molar-refractivity contribution is -0.117. The van der Waals surface area contributed by atoms with Crippen molar-refractivity contribution < 1.29 is 9.53 Å². The molecule has 1 unspecified atom stereocenters. The van der Waals surface area contributed by atoms with E-state index >= 15 is 0 Å². The van der Waals surface area contributed by atoms with Crippen LogP contribution in [0, 0.1) is 0 Å². The minimum atomic E-state index is -0.425. The number of nitrogens with one attached hydrogen (secondary N) is 1. The van der Waals surface area contributed by atoms with Gasteiger partial charge in [-0.15, -0.1) is 11.8 Å². The van der Waals surface area contributed by atoms with Crippen LogP contribution in [-0.4, -0.2) is 57.4 Å². The molecule has 0 spiro atoms. The number of ether oxygens (including phenoxy) is 1. The molecule has 6 nitrogen and oxygen atoms in total. The monoisotopic (exact) mass is 454 g/mol. The van der Waals surface area contributed by atoms with Gasteiger partial charge in [-0.25, -0.2) is 0 Å². The molecule has 7 heteroatoms. The Balaban J connectivity index is 1.54. The van der Waals surface area contributed by atoms with E-state index in [0.717, 1.165) is 34.3 Å². The van der Waals surface area contributed by atoms with Gasteiger partial charge >= 0.3 is 0 Å². The van der Waals surface area contributed by atoms with Crippen LogP contribution in [0.25, 0.3) is 0 Å². The zero-order valence-electron chi connectivity index (χ0n) is 19.7. The first-order valence-corrected chi connectivity index (χ1v) is 12.2. The van der Waals surface area contributed by atoms with Gasteiger partial charge in [0.15, 0.2) is 0 Å². The summed E-state index contributed by atoms with van der Waals surface area (Å²) >= 11 is 1.67. The average Bonchev–Trinajstić information content (AvgIpc) is 3.13. The lowest BCUT2D eigenvalue weighted by Crippen LogP contribution is -2.39. The number of carbonyl (C=O) groups excluding carboxylic acids is 1. The Morgan fingerprint density at radius 3 is 2.69 bits per heavy atom. The molecule has 32 heavy (non-hydrogen) atoms. The first-order valence-electron chi connectivity index (χ1n) is 11.2. The maximum absolute atomic E-state index is 12.7. The second kappa shape index (κ2) is 11.0. The third-order valence-corrected chi connectivity index (χ3v) is 6.77. The highest BCUT2D eigenvalue weighted by Crippen LogP contribution is 2.33. The summed E-state index contributed by atoms with van der Waals surface area (Å²) in [6, 6.07) is 12.4. The molecule has 2 heterocycles. The van der Waals surface area contributed by atoms with Crippen LogP contribution < -0.4 is 10.1 Å². The molecular formula is C25H34N4O2S. The molecule has 3 rings (SSSR count). The summed E-state index contributed by atoms with van der Waals surface area (Å²) < 4.78 is 5.95. The number of nitrogens with zero attached hydrogens (tertiary/aromatic N) is 3. The number of rotatable bonds is 10. The highest BCUT2D eigenvalue weighted by Gasteiger charge is 2.33. The lowest BCUT2D eigenvalue weighted by atomic mass is 10.0. The standard InChI is InChI=1S/C25H34N4O2S/c1-18(2)29(19(3)4)12-13-31-22-10-6-9-21(14-22)27-23(30)15-25(5)17-32-24(28-25)20-8-7-11-26-16-20/h6-11,14,16,18-19H,12-13,15,17H2,1-5H3,(H,27,30). The Hall–Kier alpha value is -2.38. The van der Waals surface area contributed by atoms with Crippen molar-refractivity contribution in [3.63, 3.8) is 0 Å². The number of pyridine rings is 1. The van der Waals surface area contributed by atoms with Crippen molar-refractivity contribution in [3.8, 4) is 5.75 Å². The topological polar surface area (TPSA) is 66.8 Å². The molecule has 1 atom stereocenters. The van der Waals surface area contributed by atoms with E-state index in [4.69, 9.17) is 9.73 Å². The summed E-state index contributed by atoms with van der Waals surface area (Å²) in [6.07, 6.45) is 3.89. The predicted octanol–water partition coefficient (Wildman–Crippen LogP) is 4.86. The van der Waals surface area contributed by atoms with E-state index in [9.17, 15) is 4.79 Å². The Labute approximate surface area is 195 Å². The van der Waals surface area contributed by atoms with Crippen molar-refractivity contribution in [2.75, 3.05) is 24.2 Å². The van der Waals surface area contributed by atoms with Crippen LogP contribution in [0.1, 0.15) is 46.6 Å². The SMILES string of the molecule is CC(C)N(CCOc1cccc(NC(=O)CC2(C)CSC(c3cccnc3)=N2)c1)C(C)C. The van der Waals surface area contributed by atoms with Crippen LogP contribution in [0.5, 0.6) is 5.75 Å². The third kappa shape index (κ3) is 6.81. The Bertz CT molecular complexity index is 925. The maximum Gasteiger partial charge on any atom is 0.226 e. The molecule has 0 radical (unpaired) electrons. The summed E-state index contributed by atoms with van der Waals surface area (Å²) in [4.78, 5) is 24.1. The first-order chi connectivity index (χ1) is 15.3. The molecule has 0 bridgehead atoms. The summed E-state index contributed by atoms with van der Waals surface area (Å²) in [5, 5.41) is 3.95. The third-order valence-electron chi connectivity index (χ3n) is 5.40. The van der Waals surface area contributed by atoms with Crippen molar-refractivity contribution >= 4 is 28.4 Å². The van der Waals surface area contributed by atoms with E-state index < -0.39 is 5.54 Å². The molecule has 1 aliphatic rings. The van der Waals surface area contributed by atoms with Gasteiger partial charge in [0.25, 0.3) is 0 Å². The van der Waals surface area contributed by atoms with Gasteiger partial charge in [0.05, 0.1) is 17.0 Å². The molecule has 0 saturated heterocycles. The Morgan fingerprint density at radius 2 is 2.00 bits per heavy atom. The van der Waals surface area contributed by atoms with Crippen LogP contribution in [0.2, 0.25) is 0 Å². The fourth-order valence-electron chi connectivity index (χ4n) is 3.86. The number of anilines is 1. The summed E-state index contributed by atoms with van der Waals surface area (Å²) in [7, 11) is 0. The number of aliphatic imine (C=N–C) groups is 1. The molecule has 1 N–H and O–H groups in total. The van der Waals surface area contributed by atoms with Gasteiger partial charge in [-0.1, -0.05) is 6.07 Å².